The van der Waals surface area contributed by atoms with Crippen LogP contribution in [0.4, 0.5) is 0 Å². The summed E-state index contributed by atoms with van der Waals surface area (Å²) in [5, 5.41) is 48.6. The number of carboxylic acid groups (broad SMARTS) is 1. The van der Waals surface area contributed by atoms with Crippen molar-refractivity contribution in [2.45, 2.75) is 98.1 Å². The van der Waals surface area contributed by atoms with E-state index < -0.39 is 49.4 Å². The Morgan fingerprint density at radius 2 is 1.76 bits per heavy atom. The summed E-state index contributed by atoms with van der Waals surface area (Å²) in [4.78, 5) is 21.9. The molecular formula is C28H46O9. The van der Waals surface area contributed by atoms with Crippen molar-refractivity contribution >= 4 is 12.3 Å². The molecular weight excluding hydrogens is 480 g/mol. The van der Waals surface area contributed by atoms with Gasteiger partial charge >= 0.3 is 5.97 Å². The fourth-order valence-electron chi connectivity index (χ4n) is 4.98. The lowest BCUT2D eigenvalue weighted by Gasteiger charge is -2.42. The predicted octanol–water partition coefficient (Wildman–Crippen LogP) is 2.62. The molecule has 0 spiro atoms. The molecule has 2 aliphatic rings. The van der Waals surface area contributed by atoms with Gasteiger partial charge < -0.3 is 39.8 Å². The zero-order valence-electron chi connectivity index (χ0n) is 23.1. The molecule has 1 aliphatic carbocycles. The molecule has 2 unspecified atom stereocenters. The van der Waals surface area contributed by atoms with Gasteiger partial charge in [-0.2, -0.15) is 0 Å². The number of hydrogen-bond acceptors (Lipinski definition) is 8. The molecule has 5 N–H and O–H groups in total. The topological polar surface area (TPSA) is 154 Å². The molecule has 0 aromatic rings. The van der Waals surface area contributed by atoms with Gasteiger partial charge in [0.05, 0.1) is 12.7 Å². The SMILES string of the molecule is C/C=C(/C)C(CC=O)C(C)C.C/C=C1\C(C(C)C)C(C(=O)O)=CC[C@H]1O[C@@H]1O[C@H](CO)[C@@H](O)[C@H](O)[C@H]1O. The molecule has 0 aromatic carbocycles. The third kappa shape index (κ3) is 8.56. The van der Waals surface area contributed by atoms with E-state index in [0.717, 1.165) is 11.9 Å². The van der Waals surface area contributed by atoms with Gasteiger partial charge in [0, 0.05) is 17.9 Å². The Kier molecular flexibility index (Phi) is 13.9. The van der Waals surface area contributed by atoms with Crippen molar-refractivity contribution < 1.29 is 44.6 Å². The Hall–Kier alpha value is -1.88. The molecule has 2 rings (SSSR count). The highest BCUT2D eigenvalue weighted by molar-refractivity contribution is 5.88. The maximum atomic E-state index is 11.6. The highest BCUT2D eigenvalue weighted by Crippen LogP contribution is 2.38. The summed E-state index contributed by atoms with van der Waals surface area (Å²) in [6.07, 6.45) is 0.132. The Morgan fingerprint density at radius 1 is 1.14 bits per heavy atom. The molecule has 1 saturated heterocycles. The smallest absolute Gasteiger partial charge is 0.331 e. The summed E-state index contributed by atoms with van der Waals surface area (Å²) >= 11 is 0. The second kappa shape index (κ2) is 15.5. The molecule has 1 aliphatic heterocycles. The first-order valence-electron chi connectivity index (χ1n) is 13.0. The number of carboxylic acids is 1. The zero-order valence-corrected chi connectivity index (χ0v) is 23.1. The highest BCUT2D eigenvalue weighted by Gasteiger charge is 2.46. The summed E-state index contributed by atoms with van der Waals surface area (Å²) in [6.45, 7) is 13.5. The normalized spacial score (nSPS) is 32.6. The average Bonchev–Trinajstić information content (AvgIpc) is 2.86. The monoisotopic (exact) mass is 526 g/mol. The van der Waals surface area contributed by atoms with Crippen LogP contribution in [0.25, 0.3) is 0 Å². The lowest BCUT2D eigenvalue weighted by Crippen LogP contribution is -2.59. The molecule has 1 heterocycles. The third-order valence-corrected chi connectivity index (χ3v) is 7.21. The van der Waals surface area contributed by atoms with E-state index in [0.29, 0.717) is 23.8 Å². The van der Waals surface area contributed by atoms with Gasteiger partial charge in [0.15, 0.2) is 6.29 Å². The Bertz CT molecular complexity index is 828. The molecule has 0 saturated carbocycles. The van der Waals surface area contributed by atoms with Crippen molar-refractivity contribution in [2.24, 2.45) is 23.7 Å². The molecule has 37 heavy (non-hydrogen) atoms. The van der Waals surface area contributed by atoms with Gasteiger partial charge in [0.2, 0.25) is 0 Å². The van der Waals surface area contributed by atoms with E-state index >= 15 is 0 Å². The number of aldehydes is 1. The van der Waals surface area contributed by atoms with Gasteiger partial charge in [-0.15, -0.1) is 0 Å². The minimum absolute atomic E-state index is 0.0183. The van der Waals surface area contributed by atoms with Gasteiger partial charge in [-0.05, 0) is 50.5 Å². The van der Waals surface area contributed by atoms with Crippen molar-refractivity contribution in [3.8, 4) is 0 Å². The van der Waals surface area contributed by atoms with E-state index in [9.17, 15) is 35.1 Å². The number of carbonyl (C=O) groups excluding carboxylic acids is 1. The molecule has 212 valence electrons. The Morgan fingerprint density at radius 3 is 2.19 bits per heavy atom. The molecule has 8 atom stereocenters. The number of rotatable bonds is 9. The van der Waals surface area contributed by atoms with E-state index in [1.165, 1.54) is 5.57 Å². The number of aliphatic carboxylic acids is 1. The second-order valence-corrected chi connectivity index (χ2v) is 10.3. The van der Waals surface area contributed by atoms with Crippen LogP contribution in [-0.4, -0.2) is 81.2 Å². The lowest BCUT2D eigenvalue weighted by molar-refractivity contribution is -0.308. The molecule has 0 amide bonds. The van der Waals surface area contributed by atoms with Crippen molar-refractivity contribution in [2.75, 3.05) is 6.61 Å². The number of aliphatic hydroxyl groups excluding tert-OH is 4. The van der Waals surface area contributed by atoms with Crippen LogP contribution in [0.2, 0.25) is 0 Å². The summed E-state index contributed by atoms with van der Waals surface area (Å²) in [7, 11) is 0. The molecule has 0 bridgehead atoms. The Labute approximate surface area is 220 Å². The quantitative estimate of drug-likeness (QED) is 0.225. The number of aliphatic hydroxyl groups is 4. The van der Waals surface area contributed by atoms with Crippen molar-refractivity contribution in [3.05, 3.63) is 34.9 Å². The van der Waals surface area contributed by atoms with Crippen LogP contribution in [0.3, 0.4) is 0 Å². The van der Waals surface area contributed by atoms with Crippen LogP contribution in [0.1, 0.15) is 61.3 Å². The maximum absolute atomic E-state index is 11.6. The van der Waals surface area contributed by atoms with Gasteiger partial charge in [-0.1, -0.05) is 51.5 Å². The minimum atomic E-state index is -1.52. The van der Waals surface area contributed by atoms with Crippen LogP contribution in [-0.2, 0) is 19.1 Å². The van der Waals surface area contributed by atoms with Crippen LogP contribution in [0.5, 0.6) is 0 Å². The first kappa shape index (κ1) is 33.1. The van der Waals surface area contributed by atoms with Crippen molar-refractivity contribution in [1.29, 1.82) is 0 Å². The van der Waals surface area contributed by atoms with E-state index in [1.54, 1.807) is 19.1 Å². The molecule has 0 radical (unpaired) electrons. The fraction of sp³-hybridized carbons (Fsp3) is 0.714. The Balaban J connectivity index is 0.000000525. The summed E-state index contributed by atoms with van der Waals surface area (Å²) < 4.78 is 11.2. The number of allylic oxidation sites excluding steroid dienone is 3. The molecule has 9 nitrogen and oxygen atoms in total. The van der Waals surface area contributed by atoms with Crippen LogP contribution < -0.4 is 0 Å². The number of ether oxygens (including phenoxy) is 2. The van der Waals surface area contributed by atoms with E-state index in [1.807, 2.05) is 20.8 Å². The lowest BCUT2D eigenvalue weighted by atomic mass is 9.75. The number of hydrogen-bond donors (Lipinski definition) is 5. The standard InChI is InChI=1S/C18H28O8.C10H18O/c1-4-9-11(6-5-10(17(23)24)13(9)8(2)3)25-18-16(22)15(21)14(20)12(7-19)26-18;1-5-9(4)10(6-7-11)8(2)3/h4-5,8,11-16,18-22H,6-7H2,1-3H3,(H,23,24);5,7-8,10H,6H2,1-4H3/b9-4-;9-5-/t11-,12-,13?,14-,15+,16-,18-;/m1./s1. The van der Waals surface area contributed by atoms with E-state index in [-0.39, 0.29) is 18.3 Å². The third-order valence-electron chi connectivity index (χ3n) is 7.21. The second-order valence-electron chi connectivity index (χ2n) is 10.3. The predicted molar refractivity (Wildman–Crippen MR) is 140 cm³/mol. The van der Waals surface area contributed by atoms with Gasteiger partial charge in [-0.3, -0.25) is 0 Å². The minimum Gasteiger partial charge on any atom is -0.478 e. The van der Waals surface area contributed by atoms with Gasteiger partial charge in [-0.25, -0.2) is 4.79 Å². The first-order valence-corrected chi connectivity index (χ1v) is 13.0. The summed E-state index contributed by atoms with van der Waals surface area (Å²) in [5.41, 5.74) is 2.39. The van der Waals surface area contributed by atoms with Gasteiger partial charge in [0.1, 0.15) is 30.7 Å². The average molecular weight is 527 g/mol. The maximum Gasteiger partial charge on any atom is 0.331 e. The zero-order chi connectivity index (χ0) is 28.4. The fourth-order valence-corrected chi connectivity index (χ4v) is 4.98. The first-order chi connectivity index (χ1) is 17.4. The summed E-state index contributed by atoms with van der Waals surface area (Å²) in [5.74, 6) is -0.297. The summed E-state index contributed by atoms with van der Waals surface area (Å²) in [6, 6.07) is 0. The molecule has 1 fully saturated rings. The largest absolute Gasteiger partial charge is 0.478 e. The van der Waals surface area contributed by atoms with E-state index in [2.05, 4.69) is 26.8 Å². The molecule has 9 heteroatoms. The van der Waals surface area contributed by atoms with E-state index in [4.69, 9.17) is 9.47 Å². The van der Waals surface area contributed by atoms with Gasteiger partial charge in [0.25, 0.3) is 0 Å². The van der Waals surface area contributed by atoms with Crippen LogP contribution in [0.15, 0.2) is 34.9 Å². The number of carbonyl (C=O) groups is 2. The van der Waals surface area contributed by atoms with Crippen LogP contribution in [0, 0.1) is 23.7 Å². The van der Waals surface area contributed by atoms with Crippen LogP contribution >= 0.6 is 0 Å². The highest BCUT2D eigenvalue weighted by atomic mass is 16.7. The van der Waals surface area contributed by atoms with Crippen molar-refractivity contribution in [3.63, 3.8) is 0 Å². The van der Waals surface area contributed by atoms with Crippen molar-refractivity contribution in [1.82, 2.24) is 0 Å². The molecule has 0 aromatic heterocycles.